The quantitative estimate of drug-likeness (QED) is 0.548. The third kappa shape index (κ3) is 2.50. The van der Waals surface area contributed by atoms with Crippen LogP contribution in [0.4, 0.5) is 5.69 Å². The molecule has 0 aliphatic heterocycles. The number of hydrogen-bond acceptors (Lipinski definition) is 4. The number of aromatic nitrogens is 2. The molecule has 3 aromatic rings. The lowest BCUT2D eigenvalue weighted by atomic mass is 10.1. The zero-order valence-corrected chi connectivity index (χ0v) is 12.0. The van der Waals surface area contributed by atoms with Crippen molar-refractivity contribution in [2.75, 3.05) is 0 Å². The summed E-state index contributed by atoms with van der Waals surface area (Å²) in [5.74, 6) is 0. The number of halogens is 1. The smallest absolute Gasteiger partial charge is 0.284 e. The van der Waals surface area contributed by atoms with Crippen LogP contribution in [0.5, 0.6) is 0 Å². The number of nitriles is 1. The van der Waals surface area contributed by atoms with E-state index >= 15 is 0 Å². The van der Waals surface area contributed by atoms with Crippen LogP contribution in [-0.2, 0) is 6.42 Å². The highest BCUT2D eigenvalue weighted by molar-refractivity contribution is 6.30. The lowest BCUT2D eigenvalue weighted by Crippen LogP contribution is -1.95. The summed E-state index contributed by atoms with van der Waals surface area (Å²) in [6.45, 7) is 0. The van der Waals surface area contributed by atoms with Gasteiger partial charge in [0.25, 0.3) is 5.69 Å². The van der Waals surface area contributed by atoms with Crippen molar-refractivity contribution >= 4 is 22.9 Å². The standard InChI is InChI=1S/C15H9ClN4O2/c16-11-3-1-10(2-4-11)7-13-14(8-17)19-9-12(20(21)22)5-6-15(19)18-13/h1-6,9H,7H2. The number of benzene rings is 1. The Morgan fingerprint density at radius 1 is 1.27 bits per heavy atom. The second kappa shape index (κ2) is 5.47. The second-order valence-corrected chi connectivity index (χ2v) is 5.13. The van der Waals surface area contributed by atoms with E-state index in [2.05, 4.69) is 11.1 Å². The first kappa shape index (κ1) is 14.0. The van der Waals surface area contributed by atoms with Gasteiger partial charge in [0.05, 0.1) is 16.8 Å². The Labute approximate surface area is 130 Å². The highest BCUT2D eigenvalue weighted by Gasteiger charge is 2.15. The van der Waals surface area contributed by atoms with Gasteiger partial charge in [-0.25, -0.2) is 4.98 Å². The van der Waals surface area contributed by atoms with Gasteiger partial charge in [0, 0.05) is 17.5 Å². The third-order valence-corrected chi connectivity index (χ3v) is 3.53. The number of rotatable bonds is 3. The molecule has 22 heavy (non-hydrogen) atoms. The van der Waals surface area contributed by atoms with Crippen LogP contribution in [0.3, 0.4) is 0 Å². The first-order chi connectivity index (χ1) is 10.6. The monoisotopic (exact) mass is 312 g/mol. The average molecular weight is 313 g/mol. The zero-order valence-electron chi connectivity index (χ0n) is 11.2. The van der Waals surface area contributed by atoms with Gasteiger partial charge in [0.1, 0.15) is 17.4 Å². The zero-order chi connectivity index (χ0) is 15.7. The minimum absolute atomic E-state index is 0.0838. The molecule has 2 heterocycles. The van der Waals surface area contributed by atoms with E-state index in [4.69, 9.17) is 11.6 Å². The fourth-order valence-electron chi connectivity index (χ4n) is 2.23. The third-order valence-electron chi connectivity index (χ3n) is 3.28. The van der Waals surface area contributed by atoms with Crippen LogP contribution >= 0.6 is 11.6 Å². The fourth-order valence-corrected chi connectivity index (χ4v) is 2.35. The summed E-state index contributed by atoms with van der Waals surface area (Å²) in [5.41, 5.74) is 2.25. The van der Waals surface area contributed by atoms with E-state index in [-0.39, 0.29) is 5.69 Å². The molecule has 0 spiro atoms. The lowest BCUT2D eigenvalue weighted by Gasteiger charge is -1.99. The van der Waals surface area contributed by atoms with E-state index in [1.54, 1.807) is 12.1 Å². The highest BCUT2D eigenvalue weighted by atomic mass is 35.5. The van der Waals surface area contributed by atoms with Crippen LogP contribution < -0.4 is 0 Å². The van der Waals surface area contributed by atoms with Crippen molar-refractivity contribution in [3.63, 3.8) is 0 Å². The predicted molar refractivity (Wildman–Crippen MR) is 80.8 cm³/mol. The molecule has 0 N–H and O–H groups in total. The van der Waals surface area contributed by atoms with Crippen molar-refractivity contribution in [2.45, 2.75) is 6.42 Å². The molecular weight excluding hydrogens is 304 g/mol. The molecule has 0 bridgehead atoms. The summed E-state index contributed by atoms with van der Waals surface area (Å²) in [4.78, 5) is 14.7. The topological polar surface area (TPSA) is 84.2 Å². The van der Waals surface area contributed by atoms with Crippen LogP contribution in [0.2, 0.25) is 5.02 Å². The SMILES string of the molecule is N#Cc1c(Cc2ccc(Cl)cc2)nc2ccc([N+](=O)[O-])cn12. The van der Waals surface area contributed by atoms with Crippen LogP contribution in [0.25, 0.3) is 5.65 Å². The molecule has 0 aliphatic carbocycles. The van der Waals surface area contributed by atoms with Crippen molar-refractivity contribution in [3.8, 4) is 6.07 Å². The largest absolute Gasteiger partial charge is 0.286 e. The van der Waals surface area contributed by atoms with E-state index in [9.17, 15) is 15.4 Å². The van der Waals surface area contributed by atoms with E-state index in [0.29, 0.717) is 28.5 Å². The molecule has 108 valence electrons. The number of imidazole rings is 1. The van der Waals surface area contributed by atoms with Crippen molar-refractivity contribution in [3.05, 3.63) is 74.7 Å². The fraction of sp³-hybridized carbons (Fsp3) is 0.0667. The predicted octanol–water partition coefficient (Wildman–Crippen LogP) is 3.36. The minimum Gasteiger partial charge on any atom is -0.284 e. The normalized spacial score (nSPS) is 10.5. The molecule has 0 unspecified atom stereocenters. The molecule has 0 saturated carbocycles. The summed E-state index contributed by atoms with van der Waals surface area (Å²) < 4.78 is 1.45. The van der Waals surface area contributed by atoms with Gasteiger partial charge in [0.15, 0.2) is 0 Å². The molecule has 0 amide bonds. The van der Waals surface area contributed by atoms with Crippen molar-refractivity contribution in [1.29, 1.82) is 5.26 Å². The molecule has 7 heteroatoms. The maximum Gasteiger partial charge on any atom is 0.286 e. The van der Waals surface area contributed by atoms with E-state index < -0.39 is 4.92 Å². The summed E-state index contributed by atoms with van der Waals surface area (Å²) in [6, 6.07) is 12.2. The van der Waals surface area contributed by atoms with Crippen LogP contribution in [0.1, 0.15) is 17.0 Å². The van der Waals surface area contributed by atoms with Crippen molar-refractivity contribution < 1.29 is 4.92 Å². The maximum atomic E-state index is 10.9. The molecule has 0 radical (unpaired) electrons. The van der Waals surface area contributed by atoms with Gasteiger partial charge >= 0.3 is 0 Å². The summed E-state index contributed by atoms with van der Waals surface area (Å²) >= 11 is 5.85. The van der Waals surface area contributed by atoms with Crippen LogP contribution in [-0.4, -0.2) is 14.3 Å². The van der Waals surface area contributed by atoms with Gasteiger partial charge in [0.2, 0.25) is 0 Å². The highest BCUT2D eigenvalue weighted by Crippen LogP contribution is 2.20. The van der Waals surface area contributed by atoms with Gasteiger partial charge in [-0.05, 0) is 23.8 Å². The van der Waals surface area contributed by atoms with E-state index in [0.717, 1.165) is 5.56 Å². The Morgan fingerprint density at radius 2 is 2.00 bits per heavy atom. The number of pyridine rings is 1. The molecule has 2 aromatic heterocycles. The maximum absolute atomic E-state index is 10.9. The molecular formula is C15H9ClN4O2. The van der Waals surface area contributed by atoms with Gasteiger partial charge in [-0.15, -0.1) is 0 Å². The first-order valence-electron chi connectivity index (χ1n) is 6.38. The number of nitro groups is 1. The Bertz CT molecular complexity index is 910. The van der Waals surface area contributed by atoms with Crippen LogP contribution in [0, 0.1) is 21.4 Å². The molecule has 0 saturated heterocycles. The molecule has 6 nitrogen and oxygen atoms in total. The number of fused-ring (bicyclic) bond motifs is 1. The Kier molecular flexibility index (Phi) is 3.49. The Hall–Kier alpha value is -2.91. The van der Waals surface area contributed by atoms with Gasteiger partial charge in [-0.1, -0.05) is 23.7 Å². The van der Waals surface area contributed by atoms with Crippen molar-refractivity contribution in [1.82, 2.24) is 9.38 Å². The molecule has 0 atom stereocenters. The van der Waals surface area contributed by atoms with Gasteiger partial charge in [-0.3, -0.25) is 14.5 Å². The number of hydrogen-bond donors (Lipinski definition) is 0. The van der Waals surface area contributed by atoms with Gasteiger partial charge in [-0.2, -0.15) is 5.26 Å². The molecule has 1 aromatic carbocycles. The van der Waals surface area contributed by atoms with Crippen LogP contribution in [0.15, 0.2) is 42.6 Å². The second-order valence-electron chi connectivity index (χ2n) is 4.69. The van der Waals surface area contributed by atoms with Crippen molar-refractivity contribution in [2.24, 2.45) is 0 Å². The summed E-state index contributed by atoms with van der Waals surface area (Å²) in [6.07, 6.45) is 1.77. The summed E-state index contributed by atoms with van der Waals surface area (Å²) in [7, 11) is 0. The van der Waals surface area contributed by atoms with E-state index in [1.807, 2.05) is 12.1 Å². The first-order valence-corrected chi connectivity index (χ1v) is 6.76. The van der Waals surface area contributed by atoms with E-state index in [1.165, 1.54) is 22.7 Å². The Morgan fingerprint density at radius 3 is 2.64 bits per heavy atom. The Balaban J connectivity index is 2.08. The van der Waals surface area contributed by atoms with Gasteiger partial charge < -0.3 is 0 Å². The summed E-state index contributed by atoms with van der Waals surface area (Å²) in [5, 5.41) is 20.8. The molecule has 0 fully saturated rings. The number of nitrogens with zero attached hydrogens (tertiary/aromatic N) is 4. The lowest BCUT2D eigenvalue weighted by molar-refractivity contribution is -0.385. The minimum atomic E-state index is -0.501. The average Bonchev–Trinajstić information content (AvgIpc) is 2.85. The molecule has 0 aliphatic rings. The molecule has 3 rings (SSSR count).